The summed E-state index contributed by atoms with van der Waals surface area (Å²) in [6.07, 6.45) is -0.837. The number of ether oxygens (including phenoxy) is 2. The summed E-state index contributed by atoms with van der Waals surface area (Å²) in [6.45, 7) is 1.54. The van der Waals surface area contributed by atoms with Crippen LogP contribution in [-0.4, -0.2) is 17.0 Å². The molecule has 1 atom stereocenters. The van der Waals surface area contributed by atoms with E-state index in [4.69, 9.17) is 21.1 Å². The quantitative estimate of drug-likeness (QED) is 0.364. The van der Waals surface area contributed by atoms with Crippen molar-refractivity contribution in [1.82, 2.24) is 0 Å². The van der Waals surface area contributed by atoms with Crippen molar-refractivity contribution >= 4 is 23.3 Å². The molecule has 6 nitrogen and oxygen atoms in total. The lowest BCUT2D eigenvalue weighted by molar-refractivity contribution is -0.384. The third-order valence-electron chi connectivity index (χ3n) is 2.72. The Bertz CT molecular complexity index is 669. The minimum atomic E-state index is -0.837. The van der Waals surface area contributed by atoms with Gasteiger partial charge in [0.15, 0.2) is 6.10 Å². The van der Waals surface area contributed by atoms with Crippen LogP contribution >= 0.6 is 11.6 Å². The van der Waals surface area contributed by atoms with E-state index in [1.165, 1.54) is 24.3 Å². The second-order valence-electron chi connectivity index (χ2n) is 4.39. The zero-order chi connectivity index (χ0) is 16.1. The number of rotatable bonds is 5. The second kappa shape index (κ2) is 6.91. The molecule has 2 aromatic rings. The summed E-state index contributed by atoms with van der Waals surface area (Å²) in [5.41, 5.74) is -0.0785. The molecular weight excluding hydrogens is 310 g/mol. The first-order valence-electron chi connectivity index (χ1n) is 6.34. The fourth-order valence-electron chi connectivity index (χ4n) is 1.60. The number of halogens is 1. The Morgan fingerprint density at radius 2 is 1.64 bits per heavy atom. The molecule has 114 valence electrons. The monoisotopic (exact) mass is 321 g/mol. The predicted octanol–water partition coefficient (Wildman–Crippen LogP) is 3.62. The minimum Gasteiger partial charge on any atom is -0.479 e. The van der Waals surface area contributed by atoms with Gasteiger partial charge < -0.3 is 9.47 Å². The Morgan fingerprint density at radius 3 is 2.18 bits per heavy atom. The molecule has 0 saturated heterocycles. The third-order valence-corrected chi connectivity index (χ3v) is 2.98. The largest absolute Gasteiger partial charge is 0.479 e. The number of nitro groups is 1. The van der Waals surface area contributed by atoms with Crippen LogP contribution in [0.4, 0.5) is 5.69 Å². The summed E-state index contributed by atoms with van der Waals surface area (Å²) in [5.74, 6) is 0.0866. The summed E-state index contributed by atoms with van der Waals surface area (Å²) in [5, 5.41) is 11.1. The van der Waals surface area contributed by atoms with Gasteiger partial charge in [-0.25, -0.2) is 4.79 Å². The number of nitro benzene ring substituents is 1. The smallest absolute Gasteiger partial charge is 0.352 e. The zero-order valence-corrected chi connectivity index (χ0v) is 12.3. The average Bonchev–Trinajstić information content (AvgIpc) is 2.50. The molecule has 2 rings (SSSR count). The lowest BCUT2D eigenvalue weighted by Crippen LogP contribution is -2.28. The van der Waals surface area contributed by atoms with E-state index in [0.717, 1.165) is 0 Å². The molecule has 0 saturated carbocycles. The van der Waals surface area contributed by atoms with Crippen molar-refractivity contribution in [2.75, 3.05) is 0 Å². The minimum absolute atomic E-state index is 0.0785. The zero-order valence-electron chi connectivity index (χ0n) is 11.6. The fraction of sp³-hybridized carbons (Fsp3) is 0.133. The SMILES string of the molecule is CC(Oc1ccc(Cl)cc1)C(=O)Oc1ccc([N+](=O)[O-])cc1. The van der Waals surface area contributed by atoms with Gasteiger partial charge in [-0.05, 0) is 43.3 Å². The number of non-ortho nitro benzene ring substituents is 1. The van der Waals surface area contributed by atoms with Crippen molar-refractivity contribution in [2.24, 2.45) is 0 Å². The lowest BCUT2D eigenvalue weighted by Gasteiger charge is -2.13. The van der Waals surface area contributed by atoms with E-state index in [1.807, 2.05) is 0 Å². The van der Waals surface area contributed by atoms with E-state index < -0.39 is 17.0 Å². The van der Waals surface area contributed by atoms with Crippen LogP contribution in [0.5, 0.6) is 11.5 Å². The molecule has 7 heteroatoms. The van der Waals surface area contributed by atoms with Crippen molar-refractivity contribution < 1.29 is 19.2 Å². The van der Waals surface area contributed by atoms with E-state index in [2.05, 4.69) is 0 Å². The molecule has 0 radical (unpaired) electrons. The molecule has 0 aliphatic rings. The molecule has 0 spiro atoms. The predicted molar refractivity (Wildman–Crippen MR) is 80.3 cm³/mol. The van der Waals surface area contributed by atoms with Gasteiger partial charge in [0.05, 0.1) is 4.92 Å². The molecule has 0 heterocycles. The highest BCUT2D eigenvalue weighted by Crippen LogP contribution is 2.19. The Labute approximate surface area is 131 Å². The average molecular weight is 322 g/mol. The molecule has 22 heavy (non-hydrogen) atoms. The van der Waals surface area contributed by atoms with Crippen molar-refractivity contribution in [1.29, 1.82) is 0 Å². The first-order chi connectivity index (χ1) is 10.5. The van der Waals surface area contributed by atoms with Gasteiger partial charge in [-0.3, -0.25) is 10.1 Å². The lowest BCUT2D eigenvalue weighted by atomic mass is 10.3. The van der Waals surface area contributed by atoms with Crippen molar-refractivity contribution in [3.05, 3.63) is 63.7 Å². The highest BCUT2D eigenvalue weighted by Gasteiger charge is 2.17. The van der Waals surface area contributed by atoms with E-state index in [1.54, 1.807) is 31.2 Å². The first-order valence-corrected chi connectivity index (χ1v) is 6.72. The van der Waals surface area contributed by atoms with E-state index in [0.29, 0.717) is 10.8 Å². The highest BCUT2D eigenvalue weighted by molar-refractivity contribution is 6.30. The number of esters is 1. The Morgan fingerprint density at radius 1 is 1.09 bits per heavy atom. The second-order valence-corrected chi connectivity index (χ2v) is 4.82. The molecule has 0 amide bonds. The topological polar surface area (TPSA) is 78.7 Å². The Kier molecular flexibility index (Phi) is 4.95. The fourth-order valence-corrected chi connectivity index (χ4v) is 1.73. The number of hydrogen-bond acceptors (Lipinski definition) is 5. The van der Waals surface area contributed by atoms with Gasteiger partial charge in [0.1, 0.15) is 11.5 Å². The molecule has 0 aliphatic heterocycles. The first kappa shape index (κ1) is 15.8. The summed E-state index contributed by atoms with van der Waals surface area (Å²) < 4.78 is 10.5. The van der Waals surface area contributed by atoms with E-state index in [9.17, 15) is 14.9 Å². The standard InChI is InChI=1S/C15H12ClNO5/c1-10(21-13-6-2-11(16)3-7-13)15(18)22-14-8-4-12(5-9-14)17(19)20/h2-10H,1H3. The summed E-state index contributed by atoms with van der Waals surface area (Å²) >= 11 is 5.76. The molecular formula is C15H12ClNO5. The number of carbonyl (C=O) groups is 1. The van der Waals surface area contributed by atoms with Gasteiger partial charge >= 0.3 is 5.97 Å². The maximum absolute atomic E-state index is 11.9. The van der Waals surface area contributed by atoms with Crippen molar-refractivity contribution in [3.63, 3.8) is 0 Å². The molecule has 1 unspecified atom stereocenters. The molecule has 0 aliphatic carbocycles. The van der Waals surface area contributed by atoms with Gasteiger partial charge in [0.25, 0.3) is 5.69 Å². The summed E-state index contributed by atoms with van der Waals surface area (Å²) in [6, 6.07) is 11.8. The molecule has 0 aromatic heterocycles. The van der Waals surface area contributed by atoms with Crippen LogP contribution in [0.15, 0.2) is 48.5 Å². The number of benzene rings is 2. The van der Waals surface area contributed by atoms with Crippen LogP contribution < -0.4 is 9.47 Å². The van der Waals surface area contributed by atoms with Crippen LogP contribution in [0, 0.1) is 10.1 Å². The van der Waals surface area contributed by atoms with Crippen LogP contribution in [0.25, 0.3) is 0 Å². The van der Waals surface area contributed by atoms with Gasteiger partial charge in [-0.1, -0.05) is 11.6 Å². The highest BCUT2D eigenvalue weighted by atomic mass is 35.5. The maximum atomic E-state index is 11.9. The van der Waals surface area contributed by atoms with Crippen molar-refractivity contribution in [3.8, 4) is 11.5 Å². The maximum Gasteiger partial charge on any atom is 0.352 e. The van der Waals surface area contributed by atoms with E-state index in [-0.39, 0.29) is 11.4 Å². The number of hydrogen-bond donors (Lipinski definition) is 0. The van der Waals surface area contributed by atoms with Gasteiger partial charge in [-0.2, -0.15) is 0 Å². The van der Waals surface area contributed by atoms with E-state index >= 15 is 0 Å². The van der Waals surface area contributed by atoms with Crippen LogP contribution in [-0.2, 0) is 4.79 Å². The molecule has 0 bridgehead atoms. The normalized spacial score (nSPS) is 11.5. The van der Waals surface area contributed by atoms with Crippen LogP contribution in [0.1, 0.15) is 6.92 Å². The number of nitrogens with zero attached hydrogens (tertiary/aromatic N) is 1. The summed E-state index contributed by atoms with van der Waals surface area (Å²) in [4.78, 5) is 21.9. The molecule has 0 N–H and O–H groups in total. The molecule has 0 fully saturated rings. The van der Waals surface area contributed by atoms with Gasteiger partial charge in [0.2, 0.25) is 0 Å². The van der Waals surface area contributed by atoms with Crippen LogP contribution in [0.3, 0.4) is 0 Å². The van der Waals surface area contributed by atoms with Crippen molar-refractivity contribution in [2.45, 2.75) is 13.0 Å². The number of carbonyl (C=O) groups excluding carboxylic acids is 1. The van der Waals surface area contributed by atoms with Crippen LogP contribution in [0.2, 0.25) is 5.02 Å². The Balaban J connectivity index is 1.95. The van der Waals surface area contributed by atoms with Gasteiger partial charge in [0, 0.05) is 17.2 Å². The molecule has 2 aromatic carbocycles. The third kappa shape index (κ3) is 4.20. The summed E-state index contributed by atoms with van der Waals surface area (Å²) in [7, 11) is 0. The van der Waals surface area contributed by atoms with Gasteiger partial charge in [-0.15, -0.1) is 0 Å². The Hall–Kier alpha value is -2.60.